The summed E-state index contributed by atoms with van der Waals surface area (Å²) < 4.78 is 0. The summed E-state index contributed by atoms with van der Waals surface area (Å²) in [5.41, 5.74) is 5.84. The molecule has 13 heteroatoms. The number of aliphatic carboxylic acids is 1. The molecule has 5 atom stereocenters. The van der Waals surface area contributed by atoms with Gasteiger partial charge in [0.15, 0.2) is 0 Å². The highest BCUT2D eigenvalue weighted by molar-refractivity contribution is 5.94. The van der Waals surface area contributed by atoms with Gasteiger partial charge in [0.25, 0.3) is 0 Å². The fraction of sp³-hybridized carbons (Fsp3) is 0.474. The van der Waals surface area contributed by atoms with E-state index < -0.39 is 67.2 Å². The minimum absolute atomic E-state index is 0.0209. The first-order valence-electron chi connectivity index (χ1n) is 9.57. The van der Waals surface area contributed by atoms with Crippen LogP contribution in [0, 0.1) is 0 Å². The minimum atomic E-state index is -1.59. The Hall–Kier alpha value is -3.26. The fourth-order valence-corrected chi connectivity index (χ4v) is 2.54. The molecular formula is C19H28N4O9. The van der Waals surface area contributed by atoms with Gasteiger partial charge in [-0.15, -0.1) is 0 Å². The lowest BCUT2D eigenvalue weighted by Gasteiger charge is -2.25. The highest BCUT2D eigenvalue weighted by atomic mass is 16.4. The van der Waals surface area contributed by atoms with Crippen LogP contribution in [0.4, 0.5) is 0 Å². The van der Waals surface area contributed by atoms with Gasteiger partial charge in [0.1, 0.15) is 29.9 Å². The number of benzene rings is 1. The van der Waals surface area contributed by atoms with Crippen molar-refractivity contribution < 1.29 is 44.7 Å². The number of carbonyl (C=O) groups is 4. The Kier molecular flexibility index (Phi) is 10.5. The van der Waals surface area contributed by atoms with E-state index in [1.165, 1.54) is 31.2 Å². The third-order valence-electron chi connectivity index (χ3n) is 4.40. The molecule has 0 aliphatic rings. The van der Waals surface area contributed by atoms with E-state index in [9.17, 15) is 39.6 Å². The molecule has 0 saturated carbocycles. The van der Waals surface area contributed by atoms with Crippen molar-refractivity contribution in [2.45, 2.75) is 43.6 Å². The van der Waals surface area contributed by atoms with Gasteiger partial charge in [-0.2, -0.15) is 0 Å². The van der Waals surface area contributed by atoms with Crippen LogP contribution in [0.1, 0.15) is 12.5 Å². The van der Waals surface area contributed by atoms with Crippen molar-refractivity contribution in [3.63, 3.8) is 0 Å². The number of rotatable bonds is 12. The molecule has 10 N–H and O–H groups in total. The lowest BCUT2D eigenvalue weighted by Crippen LogP contribution is -2.60. The Labute approximate surface area is 183 Å². The van der Waals surface area contributed by atoms with Gasteiger partial charge < -0.3 is 47.2 Å². The van der Waals surface area contributed by atoms with E-state index in [0.29, 0.717) is 5.56 Å². The smallest absolute Gasteiger partial charge is 0.326 e. The zero-order valence-electron chi connectivity index (χ0n) is 17.3. The van der Waals surface area contributed by atoms with Gasteiger partial charge >= 0.3 is 5.97 Å². The molecule has 13 nitrogen and oxygen atoms in total. The van der Waals surface area contributed by atoms with Crippen molar-refractivity contribution in [3.8, 4) is 5.75 Å². The lowest BCUT2D eigenvalue weighted by molar-refractivity contribution is -0.142. The molecule has 0 spiro atoms. The number of carboxylic acids is 1. The maximum Gasteiger partial charge on any atom is 0.326 e. The number of aliphatic hydroxyl groups is 3. The maximum absolute atomic E-state index is 12.4. The van der Waals surface area contributed by atoms with E-state index in [1.807, 2.05) is 0 Å². The number of aliphatic hydroxyl groups excluding tert-OH is 3. The lowest BCUT2D eigenvalue weighted by atomic mass is 10.1. The predicted octanol–water partition coefficient (Wildman–Crippen LogP) is -3.83. The number of hydrogen-bond acceptors (Lipinski definition) is 9. The normalized spacial score (nSPS) is 15.5. The van der Waals surface area contributed by atoms with E-state index in [1.54, 1.807) is 0 Å². The van der Waals surface area contributed by atoms with Crippen LogP contribution >= 0.6 is 0 Å². The van der Waals surface area contributed by atoms with Gasteiger partial charge in [0.05, 0.1) is 19.3 Å². The van der Waals surface area contributed by atoms with Crippen molar-refractivity contribution in [1.29, 1.82) is 0 Å². The topological polar surface area (TPSA) is 232 Å². The molecule has 3 amide bonds. The van der Waals surface area contributed by atoms with Crippen LogP contribution in [0.25, 0.3) is 0 Å². The van der Waals surface area contributed by atoms with Crippen LogP contribution in [-0.4, -0.2) is 92.7 Å². The van der Waals surface area contributed by atoms with E-state index in [0.717, 1.165) is 0 Å². The molecule has 0 fully saturated rings. The third kappa shape index (κ3) is 8.11. The summed E-state index contributed by atoms with van der Waals surface area (Å²) in [5, 5.41) is 53.3. The van der Waals surface area contributed by atoms with Crippen LogP contribution in [0.2, 0.25) is 0 Å². The van der Waals surface area contributed by atoms with Gasteiger partial charge in [-0.25, -0.2) is 4.79 Å². The molecule has 0 aliphatic heterocycles. The Bertz CT molecular complexity index is 800. The molecule has 0 bridgehead atoms. The standard InChI is InChI=1S/C19H28N4O9/c1-9(26)15(23-16(28)12(20)7-24)18(30)22-14(8-25)17(29)21-13(19(31)32)6-10-2-4-11(27)5-3-10/h2-5,9,12-15,24-27H,6-8,20H2,1H3,(H,21,29)(H,22,30)(H,23,28)(H,31,32). The highest BCUT2D eigenvalue weighted by Gasteiger charge is 2.32. The molecule has 1 aromatic rings. The quantitative estimate of drug-likeness (QED) is 0.149. The van der Waals surface area contributed by atoms with Crippen LogP contribution in [-0.2, 0) is 25.6 Å². The Morgan fingerprint density at radius 2 is 1.47 bits per heavy atom. The van der Waals surface area contributed by atoms with Crippen LogP contribution in [0.5, 0.6) is 5.75 Å². The Morgan fingerprint density at radius 3 is 1.94 bits per heavy atom. The van der Waals surface area contributed by atoms with Gasteiger partial charge in [-0.05, 0) is 24.6 Å². The van der Waals surface area contributed by atoms with E-state index in [4.69, 9.17) is 10.8 Å². The first-order chi connectivity index (χ1) is 15.0. The van der Waals surface area contributed by atoms with E-state index >= 15 is 0 Å². The first-order valence-corrected chi connectivity index (χ1v) is 9.57. The summed E-state index contributed by atoms with van der Waals surface area (Å²) >= 11 is 0. The molecule has 0 radical (unpaired) electrons. The summed E-state index contributed by atoms with van der Waals surface area (Å²) in [5.74, 6) is -4.39. The van der Waals surface area contributed by atoms with Crippen LogP contribution in [0.3, 0.4) is 0 Å². The SMILES string of the molecule is CC(O)C(NC(=O)C(N)CO)C(=O)NC(CO)C(=O)NC(Cc1ccc(O)cc1)C(=O)O. The Morgan fingerprint density at radius 1 is 0.906 bits per heavy atom. The molecule has 0 aliphatic carbocycles. The van der Waals surface area contributed by atoms with Crippen molar-refractivity contribution in [2.75, 3.05) is 13.2 Å². The number of nitrogens with two attached hydrogens (primary N) is 1. The zero-order valence-corrected chi connectivity index (χ0v) is 17.3. The molecular weight excluding hydrogens is 428 g/mol. The van der Waals surface area contributed by atoms with Crippen LogP contribution in [0.15, 0.2) is 24.3 Å². The summed E-state index contributed by atoms with van der Waals surface area (Å²) in [4.78, 5) is 48.2. The van der Waals surface area contributed by atoms with E-state index in [2.05, 4.69) is 16.0 Å². The second-order valence-corrected chi connectivity index (χ2v) is 7.03. The molecule has 32 heavy (non-hydrogen) atoms. The number of phenolic OH excluding ortho intramolecular Hbond substituents is 1. The average Bonchev–Trinajstić information content (AvgIpc) is 2.75. The predicted molar refractivity (Wildman–Crippen MR) is 109 cm³/mol. The van der Waals surface area contributed by atoms with Crippen molar-refractivity contribution in [1.82, 2.24) is 16.0 Å². The second kappa shape index (κ2) is 12.6. The fourth-order valence-electron chi connectivity index (χ4n) is 2.54. The Balaban J connectivity index is 2.85. The molecule has 0 heterocycles. The number of hydrogen-bond donors (Lipinski definition) is 9. The summed E-state index contributed by atoms with van der Waals surface area (Å²) in [6.07, 6.45) is -1.56. The third-order valence-corrected chi connectivity index (χ3v) is 4.40. The summed E-state index contributed by atoms with van der Waals surface area (Å²) in [7, 11) is 0. The van der Waals surface area contributed by atoms with Crippen molar-refractivity contribution in [3.05, 3.63) is 29.8 Å². The summed E-state index contributed by atoms with van der Waals surface area (Å²) in [6.45, 7) is -0.430. The number of aromatic hydroxyl groups is 1. The summed E-state index contributed by atoms with van der Waals surface area (Å²) in [6, 6.07) is -0.279. The van der Waals surface area contributed by atoms with Gasteiger partial charge in [-0.3, -0.25) is 14.4 Å². The second-order valence-electron chi connectivity index (χ2n) is 7.03. The minimum Gasteiger partial charge on any atom is -0.508 e. The average molecular weight is 456 g/mol. The number of carbonyl (C=O) groups excluding carboxylic acids is 3. The van der Waals surface area contributed by atoms with Gasteiger partial charge in [0.2, 0.25) is 17.7 Å². The van der Waals surface area contributed by atoms with Crippen LogP contribution < -0.4 is 21.7 Å². The number of phenols is 1. The van der Waals surface area contributed by atoms with Gasteiger partial charge in [0, 0.05) is 6.42 Å². The molecule has 0 saturated heterocycles. The van der Waals surface area contributed by atoms with E-state index in [-0.39, 0.29) is 12.2 Å². The largest absolute Gasteiger partial charge is 0.508 e. The maximum atomic E-state index is 12.4. The molecule has 1 rings (SSSR count). The number of amides is 3. The van der Waals surface area contributed by atoms with Crippen molar-refractivity contribution >= 4 is 23.7 Å². The zero-order chi connectivity index (χ0) is 24.4. The first kappa shape index (κ1) is 26.8. The molecule has 0 aromatic heterocycles. The monoisotopic (exact) mass is 456 g/mol. The molecule has 5 unspecified atom stereocenters. The van der Waals surface area contributed by atoms with Gasteiger partial charge in [-0.1, -0.05) is 12.1 Å². The number of nitrogens with one attached hydrogen (secondary N) is 3. The number of carboxylic acid groups (broad SMARTS) is 1. The molecule has 1 aromatic carbocycles. The highest BCUT2D eigenvalue weighted by Crippen LogP contribution is 2.11. The van der Waals surface area contributed by atoms with Crippen molar-refractivity contribution in [2.24, 2.45) is 5.73 Å². The molecule has 178 valence electrons.